The summed E-state index contributed by atoms with van der Waals surface area (Å²) in [4.78, 5) is 4.42. The Morgan fingerprint density at radius 1 is 1.26 bits per heavy atom. The summed E-state index contributed by atoms with van der Waals surface area (Å²) in [7, 11) is 0. The predicted molar refractivity (Wildman–Crippen MR) is 74.1 cm³/mol. The number of hydrogen-bond acceptors (Lipinski definition) is 4. The Labute approximate surface area is 113 Å². The lowest BCUT2D eigenvalue weighted by atomic mass is 10.2. The fourth-order valence-electron chi connectivity index (χ4n) is 2.04. The first-order chi connectivity index (χ1) is 9.29. The van der Waals surface area contributed by atoms with Crippen molar-refractivity contribution in [3.8, 4) is 0 Å². The van der Waals surface area contributed by atoms with E-state index in [2.05, 4.69) is 46.6 Å². The Morgan fingerprint density at radius 2 is 2.05 bits per heavy atom. The number of rotatable bonds is 6. The first-order valence-corrected chi connectivity index (χ1v) is 6.91. The number of aryl methyl sites for hydroxylation is 1. The molecule has 0 spiro atoms. The third kappa shape index (κ3) is 3.56. The van der Waals surface area contributed by atoms with Crippen molar-refractivity contribution in [2.45, 2.75) is 32.6 Å². The van der Waals surface area contributed by atoms with Gasteiger partial charge in [-0.05, 0) is 37.8 Å². The van der Waals surface area contributed by atoms with Gasteiger partial charge in [0.15, 0.2) is 5.82 Å². The van der Waals surface area contributed by atoms with Crippen molar-refractivity contribution >= 4 is 5.69 Å². The number of hydrogen-bond donors (Lipinski definition) is 1. The predicted octanol–water partition coefficient (Wildman–Crippen LogP) is 2.99. The Morgan fingerprint density at radius 3 is 2.79 bits per heavy atom. The van der Waals surface area contributed by atoms with Crippen molar-refractivity contribution < 1.29 is 4.52 Å². The minimum absolute atomic E-state index is 0.732. The zero-order valence-electron chi connectivity index (χ0n) is 11.2. The van der Waals surface area contributed by atoms with E-state index in [-0.39, 0.29) is 0 Å². The van der Waals surface area contributed by atoms with E-state index in [1.165, 1.54) is 18.4 Å². The van der Waals surface area contributed by atoms with Gasteiger partial charge in [-0.2, -0.15) is 4.98 Å². The van der Waals surface area contributed by atoms with Crippen molar-refractivity contribution in [3.63, 3.8) is 0 Å². The van der Waals surface area contributed by atoms with Crippen LogP contribution in [0.3, 0.4) is 0 Å². The van der Waals surface area contributed by atoms with Crippen LogP contribution in [0.2, 0.25) is 0 Å². The molecule has 0 aliphatic heterocycles. The van der Waals surface area contributed by atoms with E-state index in [1.807, 2.05) is 0 Å². The first-order valence-electron chi connectivity index (χ1n) is 6.91. The highest BCUT2D eigenvalue weighted by Gasteiger charge is 2.23. The molecular weight excluding hydrogens is 238 g/mol. The second kappa shape index (κ2) is 5.43. The van der Waals surface area contributed by atoms with Gasteiger partial charge < -0.3 is 9.84 Å². The van der Waals surface area contributed by atoms with Gasteiger partial charge in [0.2, 0.25) is 5.89 Å². The lowest BCUT2D eigenvalue weighted by Gasteiger charge is -2.04. The third-order valence-electron chi connectivity index (χ3n) is 3.40. The molecule has 1 heterocycles. The molecule has 0 radical (unpaired) electrons. The number of nitrogens with zero attached hydrogens (tertiary/aromatic N) is 2. The smallest absolute Gasteiger partial charge is 0.228 e. The normalized spacial score (nSPS) is 14.6. The number of aromatic nitrogens is 2. The average molecular weight is 257 g/mol. The topological polar surface area (TPSA) is 51.0 Å². The molecule has 1 N–H and O–H groups in total. The van der Waals surface area contributed by atoms with E-state index in [0.717, 1.165) is 42.7 Å². The highest BCUT2D eigenvalue weighted by Crippen LogP contribution is 2.31. The molecule has 19 heavy (non-hydrogen) atoms. The van der Waals surface area contributed by atoms with Gasteiger partial charge in [-0.25, -0.2) is 0 Å². The molecule has 1 aromatic heterocycles. The molecule has 4 nitrogen and oxygen atoms in total. The van der Waals surface area contributed by atoms with Crippen LogP contribution >= 0.6 is 0 Å². The van der Waals surface area contributed by atoms with Gasteiger partial charge in [-0.1, -0.05) is 22.9 Å². The van der Waals surface area contributed by atoms with Gasteiger partial charge in [-0.3, -0.25) is 0 Å². The van der Waals surface area contributed by atoms with Crippen LogP contribution in [0.5, 0.6) is 0 Å². The van der Waals surface area contributed by atoms with Crippen molar-refractivity contribution in [1.29, 1.82) is 0 Å². The van der Waals surface area contributed by atoms with E-state index in [4.69, 9.17) is 4.52 Å². The highest BCUT2D eigenvalue weighted by atomic mass is 16.5. The van der Waals surface area contributed by atoms with Crippen molar-refractivity contribution in [1.82, 2.24) is 10.1 Å². The standard InChI is InChI=1S/C15H19N3O/c1-11-2-6-13(7-3-11)16-9-8-15-17-14(18-19-15)10-12-4-5-12/h2-3,6-7,12,16H,4-5,8-10H2,1H3. The molecule has 0 saturated heterocycles. The molecule has 0 bridgehead atoms. The van der Waals surface area contributed by atoms with Crippen LogP contribution < -0.4 is 5.32 Å². The maximum absolute atomic E-state index is 5.25. The Balaban J connectivity index is 1.46. The minimum atomic E-state index is 0.732. The third-order valence-corrected chi connectivity index (χ3v) is 3.40. The van der Waals surface area contributed by atoms with Gasteiger partial charge in [0.25, 0.3) is 0 Å². The van der Waals surface area contributed by atoms with E-state index in [0.29, 0.717) is 0 Å². The van der Waals surface area contributed by atoms with Crippen molar-refractivity contribution in [3.05, 3.63) is 41.5 Å². The van der Waals surface area contributed by atoms with Gasteiger partial charge in [-0.15, -0.1) is 0 Å². The zero-order chi connectivity index (χ0) is 13.1. The Hall–Kier alpha value is -1.84. The summed E-state index contributed by atoms with van der Waals surface area (Å²) in [6, 6.07) is 8.37. The molecule has 1 fully saturated rings. The summed E-state index contributed by atoms with van der Waals surface area (Å²) in [6.45, 7) is 2.90. The van der Waals surface area contributed by atoms with Crippen molar-refractivity contribution in [2.24, 2.45) is 5.92 Å². The summed E-state index contributed by atoms with van der Waals surface area (Å²) in [5.74, 6) is 2.40. The van der Waals surface area contributed by atoms with Crippen LogP contribution in [0.15, 0.2) is 28.8 Å². The van der Waals surface area contributed by atoms with Gasteiger partial charge in [0.05, 0.1) is 0 Å². The number of nitrogens with one attached hydrogen (secondary N) is 1. The molecule has 0 atom stereocenters. The molecule has 3 rings (SSSR count). The molecule has 100 valence electrons. The number of anilines is 1. The molecule has 1 aliphatic rings. The monoisotopic (exact) mass is 257 g/mol. The summed E-state index contributed by atoms with van der Waals surface area (Å²) in [6.07, 6.45) is 4.39. The fourth-order valence-corrected chi connectivity index (χ4v) is 2.04. The Kier molecular flexibility index (Phi) is 3.49. The second-order valence-corrected chi connectivity index (χ2v) is 5.29. The second-order valence-electron chi connectivity index (χ2n) is 5.29. The SMILES string of the molecule is Cc1ccc(NCCc2nc(CC3CC3)no2)cc1. The average Bonchev–Trinajstić information content (AvgIpc) is 3.11. The molecule has 2 aromatic rings. The fraction of sp³-hybridized carbons (Fsp3) is 0.467. The van der Waals surface area contributed by atoms with Crippen LogP contribution in [-0.4, -0.2) is 16.7 Å². The molecule has 0 amide bonds. The van der Waals surface area contributed by atoms with Crippen molar-refractivity contribution in [2.75, 3.05) is 11.9 Å². The first kappa shape index (κ1) is 12.2. The molecule has 1 aromatic carbocycles. The van der Waals surface area contributed by atoms with E-state index < -0.39 is 0 Å². The molecule has 4 heteroatoms. The Bertz CT molecular complexity index is 529. The van der Waals surface area contributed by atoms with Crippen LogP contribution in [0.1, 0.15) is 30.1 Å². The van der Waals surface area contributed by atoms with E-state index >= 15 is 0 Å². The zero-order valence-corrected chi connectivity index (χ0v) is 11.2. The number of benzene rings is 1. The van der Waals surface area contributed by atoms with Crippen LogP contribution in [0, 0.1) is 12.8 Å². The summed E-state index contributed by atoms with van der Waals surface area (Å²) in [5.41, 5.74) is 2.40. The summed E-state index contributed by atoms with van der Waals surface area (Å²) < 4.78 is 5.25. The molecular formula is C15H19N3O. The van der Waals surface area contributed by atoms with Gasteiger partial charge >= 0.3 is 0 Å². The van der Waals surface area contributed by atoms with Gasteiger partial charge in [0, 0.05) is 25.1 Å². The van der Waals surface area contributed by atoms with Crippen LogP contribution in [0.4, 0.5) is 5.69 Å². The van der Waals surface area contributed by atoms with Crippen LogP contribution in [0.25, 0.3) is 0 Å². The maximum Gasteiger partial charge on any atom is 0.228 e. The van der Waals surface area contributed by atoms with Crippen LogP contribution in [-0.2, 0) is 12.8 Å². The van der Waals surface area contributed by atoms with Gasteiger partial charge in [0.1, 0.15) is 0 Å². The molecule has 0 unspecified atom stereocenters. The summed E-state index contributed by atoms with van der Waals surface area (Å²) >= 11 is 0. The lowest BCUT2D eigenvalue weighted by molar-refractivity contribution is 0.374. The van der Waals surface area contributed by atoms with E-state index in [9.17, 15) is 0 Å². The largest absolute Gasteiger partial charge is 0.385 e. The van der Waals surface area contributed by atoms with E-state index in [1.54, 1.807) is 0 Å². The maximum atomic E-state index is 5.25. The molecule has 1 saturated carbocycles. The quantitative estimate of drug-likeness (QED) is 0.864. The summed E-state index contributed by atoms with van der Waals surface area (Å²) in [5, 5.41) is 7.37. The lowest BCUT2D eigenvalue weighted by Crippen LogP contribution is -2.05. The molecule has 1 aliphatic carbocycles. The minimum Gasteiger partial charge on any atom is -0.385 e. The highest BCUT2D eigenvalue weighted by molar-refractivity contribution is 5.44.